The molecule has 1 nitrogen and oxygen atoms in total. The largest absolute Gasteiger partial charge is 0.328 e. The van der Waals surface area contributed by atoms with Gasteiger partial charge in [-0.25, -0.2) is 0 Å². The minimum Gasteiger partial charge on any atom is -0.328 e. The molecule has 0 aromatic heterocycles. The van der Waals surface area contributed by atoms with Gasteiger partial charge in [0.2, 0.25) is 0 Å². The van der Waals surface area contributed by atoms with Gasteiger partial charge in [0, 0.05) is 22.5 Å². The van der Waals surface area contributed by atoms with Gasteiger partial charge in [0.1, 0.15) is 5.37 Å². The number of anilines is 1. The molecule has 30 heavy (non-hydrogen) atoms. The monoisotopic (exact) mass is 407 g/mol. The van der Waals surface area contributed by atoms with Gasteiger partial charge >= 0.3 is 0 Å². The summed E-state index contributed by atoms with van der Waals surface area (Å²) in [5, 5.41) is 0.533. The SMILES string of the molecule is C=CCC1SC(c2ccc(C#Cc3ccccc3)cc2)N(c2cccc(C)c2)C1=C. The molecule has 2 unspecified atom stereocenters. The predicted molar refractivity (Wildman–Crippen MR) is 131 cm³/mol. The molecule has 0 aliphatic carbocycles. The van der Waals surface area contributed by atoms with Crippen molar-refractivity contribution in [3.05, 3.63) is 126 Å². The molecule has 0 N–H and O–H groups in total. The Labute approximate surface area is 184 Å². The van der Waals surface area contributed by atoms with E-state index in [-0.39, 0.29) is 5.37 Å². The lowest BCUT2D eigenvalue weighted by atomic mass is 10.1. The maximum absolute atomic E-state index is 4.43. The predicted octanol–water partition coefficient (Wildman–Crippen LogP) is 7.11. The molecule has 148 valence electrons. The summed E-state index contributed by atoms with van der Waals surface area (Å²) in [6.45, 7) is 10.5. The maximum atomic E-state index is 4.43. The first-order valence-electron chi connectivity index (χ1n) is 10.1. The molecule has 0 spiro atoms. The Kier molecular flexibility index (Phi) is 6.12. The first-order chi connectivity index (χ1) is 14.7. The van der Waals surface area contributed by atoms with Crippen molar-refractivity contribution < 1.29 is 0 Å². The Morgan fingerprint density at radius 2 is 1.63 bits per heavy atom. The smallest absolute Gasteiger partial charge is 0.106 e. The van der Waals surface area contributed by atoms with Crippen molar-refractivity contribution in [1.29, 1.82) is 0 Å². The van der Waals surface area contributed by atoms with Crippen LogP contribution in [0.15, 0.2) is 104 Å². The fourth-order valence-electron chi connectivity index (χ4n) is 3.65. The fraction of sp³-hybridized carbons (Fsp3) is 0.143. The lowest BCUT2D eigenvalue weighted by Gasteiger charge is -2.27. The van der Waals surface area contributed by atoms with Crippen molar-refractivity contribution in [2.45, 2.75) is 24.0 Å². The second-order valence-corrected chi connectivity index (χ2v) is 8.73. The minimum atomic E-state index is 0.195. The number of benzene rings is 3. The average molecular weight is 408 g/mol. The molecule has 0 bridgehead atoms. The van der Waals surface area contributed by atoms with E-state index in [0.717, 1.165) is 23.2 Å². The van der Waals surface area contributed by atoms with Crippen LogP contribution in [0.5, 0.6) is 0 Å². The third-order valence-corrected chi connectivity index (χ3v) is 6.72. The van der Waals surface area contributed by atoms with Gasteiger partial charge in [-0.15, -0.1) is 18.3 Å². The van der Waals surface area contributed by atoms with Gasteiger partial charge in [0.15, 0.2) is 0 Å². The standard InChI is InChI=1S/C28H25NS/c1-4-9-27-22(3)29(26-13-8-10-21(2)20-26)28(30-27)25-18-16-24(17-19-25)15-14-23-11-6-5-7-12-23/h4-8,10-13,16-20,27-28H,1,3,9H2,2H3. The highest BCUT2D eigenvalue weighted by Gasteiger charge is 2.36. The van der Waals surface area contributed by atoms with E-state index in [4.69, 9.17) is 0 Å². The highest BCUT2D eigenvalue weighted by Crippen LogP contribution is 2.50. The molecule has 1 saturated heterocycles. The van der Waals surface area contributed by atoms with Crippen molar-refractivity contribution in [3.8, 4) is 11.8 Å². The molecule has 3 aromatic rings. The molecule has 0 amide bonds. The van der Waals surface area contributed by atoms with Crippen molar-refractivity contribution in [1.82, 2.24) is 0 Å². The molecular formula is C28H25NS. The van der Waals surface area contributed by atoms with Gasteiger partial charge in [-0.1, -0.05) is 67.0 Å². The second-order valence-electron chi connectivity index (χ2n) is 7.44. The summed E-state index contributed by atoms with van der Waals surface area (Å²) in [6.07, 6.45) is 2.91. The van der Waals surface area contributed by atoms with E-state index in [9.17, 15) is 0 Å². The number of nitrogens with zero attached hydrogens (tertiary/aromatic N) is 1. The Bertz CT molecular complexity index is 1100. The summed E-state index contributed by atoms with van der Waals surface area (Å²) in [4.78, 5) is 2.37. The van der Waals surface area contributed by atoms with E-state index >= 15 is 0 Å². The number of rotatable bonds is 4. The summed E-state index contributed by atoms with van der Waals surface area (Å²) >= 11 is 1.94. The first kappa shape index (κ1) is 20.1. The number of hydrogen-bond donors (Lipinski definition) is 0. The van der Waals surface area contributed by atoms with Crippen molar-refractivity contribution >= 4 is 17.4 Å². The molecule has 0 radical (unpaired) electrons. The van der Waals surface area contributed by atoms with Crippen LogP contribution in [0.1, 0.15) is 34.0 Å². The lowest BCUT2D eigenvalue weighted by Crippen LogP contribution is -2.21. The van der Waals surface area contributed by atoms with Gasteiger partial charge in [-0.3, -0.25) is 0 Å². The number of allylic oxidation sites excluding steroid dienone is 1. The van der Waals surface area contributed by atoms with Crippen molar-refractivity contribution in [2.75, 3.05) is 4.90 Å². The lowest BCUT2D eigenvalue weighted by molar-refractivity contribution is 0.889. The Balaban J connectivity index is 1.62. The van der Waals surface area contributed by atoms with Crippen LogP contribution in [0.3, 0.4) is 0 Å². The van der Waals surface area contributed by atoms with Crippen molar-refractivity contribution in [3.63, 3.8) is 0 Å². The summed E-state index contributed by atoms with van der Waals surface area (Å²) < 4.78 is 0. The molecule has 1 heterocycles. The third-order valence-electron chi connectivity index (χ3n) is 5.19. The fourth-order valence-corrected chi connectivity index (χ4v) is 5.17. The van der Waals surface area contributed by atoms with Crippen molar-refractivity contribution in [2.24, 2.45) is 0 Å². The number of hydrogen-bond acceptors (Lipinski definition) is 2. The van der Waals surface area contributed by atoms with Crippen LogP contribution in [0, 0.1) is 18.8 Å². The van der Waals surface area contributed by atoms with E-state index < -0.39 is 0 Å². The maximum Gasteiger partial charge on any atom is 0.106 e. The Hall–Kier alpha value is -3.15. The van der Waals surface area contributed by atoms with Crippen LogP contribution < -0.4 is 4.90 Å². The van der Waals surface area contributed by atoms with Gasteiger partial charge < -0.3 is 4.90 Å². The molecule has 1 aliphatic rings. The van der Waals surface area contributed by atoms with E-state index in [1.165, 1.54) is 16.8 Å². The average Bonchev–Trinajstić information content (AvgIpc) is 3.10. The van der Waals surface area contributed by atoms with E-state index in [0.29, 0.717) is 5.25 Å². The zero-order chi connectivity index (χ0) is 20.9. The Morgan fingerprint density at radius 1 is 0.933 bits per heavy atom. The normalized spacial score (nSPS) is 18.0. The van der Waals surface area contributed by atoms with Crippen LogP contribution in [0.4, 0.5) is 5.69 Å². The first-order valence-corrected chi connectivity index (χ1v) is 11.1. The van der Waals surface area contributed by atoms with Crippen LogP contribution >= 0.6 is 11.8 Å². The molecular weight excluding hydrogens is 382 g/mol. The molecule has 2 heteroatoms. The van der Waals surface area contributed by atoms with Gasteiger partial charge in [-0.2, -0.15) is 0 Å². The molecule has 0 saturated carbocycles. The topological polar surface area (TPSA) is 3.24 Å². The van der Waals surface area contributed by atoms with Gasteiger partial charge in [0.05, 0.1) is 5.25 Å². The van der Waals surface area contributed by atoms with E-state index in [1.54, 1.807) is 0 Å². The summed E-state index contributed by atoms with van der Waals surface area (Å²) in [5.41, 5.74) is 6.90. The molecule has 4 rings (SSSR count). The second kappa shape index (κ2) is 9.11. The van der Waals surface area contributed by atoms with Gasteiger partial charge in [0.25, 0.3) is 0 Å². The highest BCUT2D eigenvalue weighted by molar-refractivity contribution is 8.00. The molecule has 1 fully saturated rings. The molecule has 1 aliphatic heterocycles. The number of thioether (sulfide) groups is 1. The minimum absolute atomic E-state index is 0.195. The van der Waals surface area contributed by atoms with Crippen LogP contribution in [-0.2, 0) is 0 Å². The highest BCUT2D eigenvalue weighted by atomic mass is 32.2. The third kappa shape index (κ3) is 4.37. The zero-order valence-corrected chi connectivity index (χ0v) is 18.0. The quantitative estimate of drug-likeness (QED) is 0.335. The summed E-state index contributed by atoms with van der Waals surface area (Å²) in [5.74, 6) is 6.50. The van der Waals surface area contributed by atoms with E-state index in [2.05, 4.69) is 85.4 Å². The van der Waals surface area contributed by atoms with Gasteiger partial charge in [-0.05, 0) is 60.9 Å². The van der Waals surface area contributed by atoms with Crippen LogP contribution in [-0.4, -0.2) is 5.25 Å². The number of aryl methyl sites for hydroxylation is 1. The molecule has 2 atom stereocenters. The summed E-state index contributed by atoms with van der Waals surface area (Å²) in [7, 11) is 0. The molecule has 3 aromatic carbocycles. The van der Waals surface area contributed by atoms with Crippen LogP contribution in [0.2, 0.25) is 0 Å². The zero-order valence-electron chi connectivity index (χ0n) is 17.2. The Morgan fingerprint density at radius 3 is 2.30 bits per heavy atom. The van der Waals surface area contributed by atoms with Crippen LogP contribution in [0.25, 0.3) is 0 Å². The summed E-state index contributed by atoms with van der Waals surface area (Å²) in [6, 6.07) is 27.3. The van der Waals surface area contributed by atoms with E-state index in [1.807, 2.05) is 48.2 Å².